The van der Waals surface area contributed by atoms with E-state index in [9.17, 15) is 0 Å². The molecule has 0 bridgehead atoms. The summed E-state index contributed by atoms with van der Waals surface area (Å²) in [4.78, 5) is 0. The lowest BCUT2D eigenvalue weighted by Crippen LogP contribution is -1.80. The zero-order valence-corrected chi connectivity index (χ0v) is 7.26. The van der Waals surface area contributed by atoms with Gasteiger partial charge < -0.3 is 9.84 Å². The molecule has 0 atom stereocenters. The van der Waals surface area contributed by atoms with Crippen LogP contribution in [0.3, 0.4) is 0 Å². The number of rotatable bonds is 1. The van der Waals surface area contributed by atoms with E-state index in [1.165, 1.54) is 11.5 Å². The van der Waals surface area contributed by atoms with Crippen LogP contribution in [-0.4, -0.2) is 16.6 Å². The maximum Gasteiger partial charge on any atom is 0.232 e. The lowest BCUT2D eigenvalue weighted by Gasteiger charge is -1.93. The number of nitrogens with zero attached hydrogens (tertiary/aromatic N) is 1. The zero-order valence-electron chi connectivity index (χ0n) is 6.44. The van der Waals surface area contributed by atoms with Crippen molar-refractivity contribution in [3.05, 3.63) is 18.2 Å². The van der Waals surface area contributed by atoms with Crippen molar-refractivity contribution >= 4 is 21.6 Å². The monoisotopic (exact) mass is 181 g/mol. The normalized spacial score (nSPS) is 10.4. The third kappa shape index (κ3) is 1.00. The highest BCUT2D eigenvalue weighted by atomic mass is 32.1. The highest BCUT2D eigenvalue weighted by Gasteiger charge is 2.05. The number of phenolic OH excluding ortho intramolecular Hbond substituents is 1. The van der Waals surface area contributed by atoms with Crippen molar-refractivity contribution in [2.24, 2.45) is 0 Å². The van der Waals surface area contributed by atoms with Gasteiger partial charge in [0.25, 0.3) is 0 Å². The lowest BCUT2D eigenvalue weighted by molar-refractivity contribution is 0.407. The molecule has 0 aliphatic rings. The Morgan fingerprint density at radius 3 is 3.08 bits per heavy atom. The molecule has 0 fully saturated rings. The van der Waals surface area contributed by atoms with Crippen molar-refractivity contribution in [3.63, 3.8) is 0 Å². The van der Waals surface area contributed by atoms with Gasteiger partial charge in [0.15, 0.2) is 0 Å². The van der Waals surface area contributed by atoms with Gasteiger partial charge in [-0.15, -0.1) is 0 Å². The summed E-state index contributed by atoms with van der Waals surface area (Å²) in [7, 11) is 1.58. The molecule has 4 heteroatoms. The number of fused-ring (bicyclic) bond motifs is 1. The van der Waals surface area contributed by atoms with Crippen molar-refractivity contribution in [3.8, 4) is 11.6 Å². The third-order valence-corrected chi connectivity index (χ3v) is 2.41. The second kappa shape index (κ2) is 2.64. The lowest BCUT2D eigenvalue weighted by atomic mass is 10.2. The van der Waals surface area contributed by atoms with Gasteiger partial charge in [-0.1, -0.05) is 0 Å². The molecule has 3 nitrogen and oxygen atoms in total. The maximum atomic E-state index is 9.15. The molecule has 0 saturated heterocycles. The molecule has 0 unspecified atom stereocenters. The first-order valence-corrected chi connectivity index (χ1v) is 4.21. The largest absolute Gasteiger partial charge is 0.508 e. The van der Waals surface area contributed by atoms with Gasteiger partial charge in [-0.3, -0.25) is 0 Å². The summed E-state index contributed by atoms with van der Waals surface area (Å²) in [5, 5.41) is 10.1. The van der Waals surface area contributed by atoms with Crippen LogP contribution in [0.15, 0.2) is 18.2 Å². The Balaban J connectivity index is 2.73. The fraction of sp³-hybridized carbons (Fsp3) is 0.125. The van der Waals surface area contributed by atoms with Crippen LogP contribution in [0.1, 0.15) is 0 Å². The van der Waals surface area contributed by atoms with Gasteiger partial charge in [0.1, 0.15) is 5.75 Å². The van der Waals surface area contributed by atoms with Crippen molar-refractivity contribution in [1.82, 2.24) is 4.37 Å². The molecule has 12 heavy (non-hydrogen) atoms. The van der Waals surface area contributed by atoms with Crippen molar-refractivity contribution < 1.29 is 9.84 Å². The van der Waals surface area contributed by atoms with Gasteiger partial charge in [-0.05, 0) is 29.7 Å². The fourth-order valence-corrected chi connectivity index (χ4v) is 1.83. The molecule has 1 heterocycles. The molecule has 62 valence electrons. The number of aromatic nitrogens is 1. The predicted molar refractivity (Wildman–Crippen MR) is 47.8 cm³/mol. The van der Waals surface area contributed by atoms with E-state index in [1.54, 1.807) is 25.3 Å². The Labute approximate surface area is 73.4 Å². The topological polar surface area (TPSA) is 42.4 Å². The van der Waals surface area contributed by atoms with E-state index in [0.717, 1.165) is 10.1 Å². The number of methoxy groups -OCH3 is 1. The quantitative estimate of drug-likeness (QED) is 0.731. The number of aromatic hydroxyl groups is 1. The molecule has 0 aliphatic heterocycles. The van der Waals surface area contributed by atoms with Gasteiger partial charge in [0, 0.05) is 0 Å². The van der Waals surface area contributed by atoms with Crippen molar-refractivity contribution in [2.75, 3.05) is 7.11 Å². The maximum absolute atomic E-state index is 9.15. The van der Waals surface area contributed by atoms with Gasteiger partial charge in [-0.25, -0.2) is 0 Å². The molecule has 0 saturated carbocycles. The van der Waals surface area contributed by atoms with Crippen LogP contribution in [0.4, 0.5) is 0 Å². The highest BCUT2D eigenvalue weighted by Crippen LogP contribution is 2.30. The molecule has 1 aromatic carbocycles. The number of ether oxygens (including phenoxy) is 1. The molecule has 0 radical (unpaired) electrons. The SMILES string of the molecule is COc1nsc2cc(O)ccc12. The number of hydrogen-bond donors (Lipinski definition) is 1. The van der Waals surface area contributed by atoms with Crippen LogP contribution in [0.5, 0.6) is 11.6 Å². The van der Waals surface area contributed by atoms with E-state index in [1.807, 2.05) is 0 Å². The molecule has 0 amide bonds. The minimum Gasteiger partial charge on any atom is -0.508 e. The molecule has 1 aromatic heterocycles. The van der Waals surface area contributed by atoms with Gasteiger partial charge in [-0.2, -0.15) is 4.37 Å². The standard InChI is InChI=1S/C8H7NO2S/c1-11-8-6-3-2-5(10)4-7(6)12-9-8/h2-4,10H,1H3. The van der Waals surface area contributed by atoms with Crippen LogP contribution >= 0.6 is 11.5 Å². The predicted octanol–water partition coefficient (Wildman–Crippen LogP) is 2.01. The summed E-state index contributed by atoms with van der Waals surface area (Å²) in [6.45, 7) is 0. The molecule has 0 spiro atoms. The summed E-state index contributed by atoms with van der Waals surface area (Å²) in [6.07, 6.45) is 0. The summed E-state index contributed by atoms with van der Waals surface area (Å²) in [5.41, 5.74) is 0. The van der Waals surface area contributed by atoms with Crippen LogP contribution in [0.25, 0.3) is 10.1 Å². The van der Waals surface area contributed by atoms with Gasteiger partial charge in [0.2, 0.25) is 5.88 Å². The number of phenols is 1. The Hall–Kier alpha value is -1.29. The Kier molecular flexibility index (Phi) is 1.62. The van der Waals surface area contributed by atoms with Crippen LogP contribution in [0.2, 0.25) is 0 Å². The summed E-state index contributed by atoms with van der Waals surface area (Å²) in [6, 6.07) is 5.10. The average Bonchev–Trinajstić information content (AvgIpc) is 2.46. The van der Waals surface area contributed by atoms with Crippen molar-refractivity contribution in [2.45, 2.75) is 0 Å². The summed E-state index contributed by atoms with van der Waals surface area (Å²) in [5.74, 6) is 0.879. The smallest absolute Gasteiger partial charge is 0.232 e. The molecular formula is C8H7NO2S. The minimum absolute atomic E-state index is 0.258. The van der Waals surface area contributed by atoms with E-state index in [-0.39, 0.29) is 5.75 Å². The summed E-state index contributed by atoms with van der Waals surface area (Å²) < 4.78 is 10.0. The number of hydrogen-bond acceptors (Lipinski definition) is 4. The molecule has 2 rings (SSSR count). The first kappa shape index (κ1) is 7.36. The van der Waals surface area contributed by atoms with E-state index in [4.69, 9.17) is 9.84 Å². The molecular weight excluding hydrogens is 174 g/mol. The van der Waals surface area contributed by atoms with Crippen LogP contribution in [-0.2, 0) is 0 Å². The fourth-order valence-electron chi connectivity index (χ4n) is 1.05. The van der Waals surface area contributed by atoms with Crippen molar-refractivity contribution in [1.29, 1.82) is 0 Å². The number of benzene rings is 1. The van der Waals surface area contributed by atoms with E-state index < -0.39 is 0 Å². The summed E-state index contributed by atoms with van der Waals surface area (Å²) >= 11 is 1.32. The second-order valence-electron chi connectivity index (χ2n) is 2.37. The zero-order chi connectivity index (χ0) is 8.55. The van der Waals surface area contributed by atoms with Crippen LogP contribution in [0, 0.1) is 0 Å². The second-order valence-corrected chi connectivity index (χ2v) is 3.18. The van der Waals surface area contributed by atoms with E-state index >= 15 is 0 Å². The van der Waals surface area contributed by atoms with E-state index in [2.05, 4.69) is 4.37 Å². The Bertz CT molecular complexity index is 410. The molecule has 2 aromatic rings. The Morgan fingerprint density at radius 1 is 1.50 bits per heavy atom. The van der Waals surface area contributed by atoms with Gasteiger partial charge in [0.05, 0.1) is 17.2 Å². The first-order valence-electron chi connectivity index (χ1n) is 3.43. The van der Waals surface area contributed by atoms with Crippen LogP contribution < -0.4 is 4.74 Å². The Morgan fingerprint density at radius 2 is 2.33 bits per heavy atom. The van der Waals surface area contributed by atoms with Gasteiger partial charge >= 0.3 is 0 Å². The average molecular weight is 181 g/mol. The minimum atomic E-state index is 0.258. The third-order valence-electron chi connectivity index (χ3n) is 1.62. The first-order chi connectivity index (χ1) is 5.81. The van der Waals surface area contributed by atoms with E-state index in [0.29, 0.717) is 5.88 Å². The molecule has 1 N–H and O–H groups in total. The highest BCUT2D eigenvalue weighted by molar-refractivity contribution is 7.13. The molecule has 0 aliphatic carbocycles.